The Morgan fingerprint density at radius 2 is 2.19 bits per heavy atom. The second kappa shape index (κ2) is 5.31. The molecule has 2 fully saturated rings. The van der Waals surface area contributed by atoms with Crippen LogP contribution in [0.3, 0.4) is 0 Å². The summed E-state index contributed by atoms with van der Waals surface area (Å²) in [5, 5.41) is 12.8. The fourth-order valence-electron chi connectivity index (χ4n) is 2.69. The Balaban J connectivity index is 1.77. The zero-order valence-electron chi connectivity index (χ0n) is 11.2. The van der Waals surface area contributed by atoms with E-state index in [4.69, 9.17) is 0 Å². The number of rotatable bonds is 3. The van der Waals surface area contributed by atoms with Crippen LogP contribution in [-0.2, 0) is 4.79 Å². The molecule has 1 aromatic carbocycles. The molecule has 0 unspecified atom stereocenters. The lowest BCUT2D eigenvalue weighted by atomic mass is 9.99. The van der Waals surface area contributed by atoms with Crippen LogP contribution in [0.5, 0.6) is 0 Å². The third kappa shape index (κ3) is 2.40. The highest BCUT2D eigenvalue weighted by molar-refractivity contribution is 7.99. The second-order valence-electron chi connectivity index (χ2n) is 5.27. The van der Waals surface area contributed by atoms with E-state index < -0.39 is 23.5 Å². The molecule has 2 heterocycles. The van der Waals surface area contributed by atoms with Gasteiger partial charge in [0.2, 0.25) is 0 Å². The highest BCUT2D eigenvalue weighted by Gasteiger charge is 2.53. The number of hydrogen-bond donors (Lipinski definition) is 2. The molecule has 7 heteroatoms. The fraction of sp³-hybridized carbons (Fsp3) is 0.429. The summed E-state index contributed by atoms with van der Waals surface area (Å²) in [6, 6.07) is 5.28. The van der Waals surface area contributed by atoms with Crippen molar-refractivity contribution in [2.24, 2.45) is 0 Å². The number of benzene rings is 1. The predicted molar refractivity (Wildman–Crippen MR) is 76.3 cm³/mol. The minimum absolute atomic E-state index is 0.0832. The van der Waals surface area contributed by atoms with Crippen molar-refractivity contribution in [1.29, 1.82) is 0 Å². The molecule has 5 nitrogen and oxygen atoms in total. The maximum Gasteiger partial charge on any atom is 0.325 e. The first kappa shape index (κ1) is 14.3. The number of nitrogens with one attached hydrogen (secondary N) is 1. The van der Waals surface area contributed by atoms with Crippen LogP contribution in [-0.4, -0.2) is 45.5 Å². The van der Waals surface area contributed by atoms with Gasteiger partial charge in [0.1, 0.15) is 11.4 Å². The standard InChI is InChI=1S/C14H15FN2O3S/c15-10-4-2-1-3-9(10)11(18)7-17-12(19)14(16-13(17)20)5-6-21-8-14/h1-4,11,18H,5-8H2,(H,16,20)/t11-,14+/m0/s1. The van der Waals surface area contributed by atoms with Crippen LogP contribution in [0.2, 0.25) is 0 Å². The Hall–Kier alpha value is -1.60. The van der Waals surface area contributed by atoms with E-state index in [0.717, 1.165) is 10.7 Å². The number of carbonyl (C=O) groups excluding carboxylic acids is 2. The largest absolute Gasteiger partial charge is 0.386 e. The molecule has 3 rings (SSSR count). The summed E-state index contributed by atoms with van der Waals surface area (Å²) in [4.78, 5) is 25.4. The zero-order chi connectivity index (χ0) is 15.0. The molecule has 0 saturated carbocycles. The van der Waals surface area contributed by atoms with Crippen LogP contribution < -0.4 is 5.32 Å². The van der Waals surface area contributed by atoms with Gasteiger partial charge in [-0.3, -0.25) is 9.69 Å². The van der Waals surface area contributed by atoms with Gasteiger partial charge in [-0.2, -0.15) is 11.8 Å². The molecule has 0 aliphatic carbocycles. The minimum atomic E-state index is -1.23. The summed E-state index contributed by atoms with van der Waals surface area (Å²) >= 11 is 1.61. The maximum atomic E-state index is 13.6. The molecule has 2 aliphatic heterocycles. The summed E-state index contributed by atoms with van der Waals surface area (Å²) in [5.41, 5.74) is -0.753. The van der Waals surface area contributed by atoms with Gasteiger partial charge in [0.25, 0.3) is 5.91 Å². The van der Waals surface area contributed by atoms with Crippen LogP contribution in [0.4, 0.5) is 9.18 Å². The molecular formula is C14H15FN2O3S. The van der Waals surface area contributed by atoms with Gasteiger partial charge in [0.15, 0.2) is 0 Å². The van der Waals surface area contributed by atoms with Crippen molar-refractivity contribution >= 4 is 23.7 Å². The van der Waals surface area contributed by atoms with Crippen molar-refractivity contribution in [3.8, 4) is 0 Å². The Bertz CT molecular complexity index is 589. The third-order valence-corrected chi connectivity index (χ3v) is 5.08. The molecule has 2 atom stereocenters. The number of thioether (sulfide) groups is 1. The number of aliphatic hydroxyl groups is 1. The van der Waals surface area contributed by atoms with Crippen molar-refractivity contribution in [1.82, 2.24) is 10.2 Å². The number of halogens is 1. The first-order chi connectivity index (χ1) is 10.0. The quantitative estimate of drug-likeness (QED) is 0.825. The first-order valence-electron chi connectivity index (χ1n) is 6.68. The molecule has 21 heavy (non-hydrogen) atoms. The number of aliphatic hydroxyl groups excluding tert-OH is 1. The van der Waals surface area contributed by atoms with E-state index in [9.17, 15) is 19.1 Å². The van der Waals surface area contributed by atoms with Crippen molar-refractivity contribution in [2.75, 3.05) is 18.1 Å². The van der Waals surface area contributed by atoms with Gasteiger partial charge in [0, 0.05) is 11.3 Å². The van der Waals surface area contributed by atoms with Crippen LogP contribution >= 0.6 is 11.8 Å². The number of urea groups is 1. The minimum Gasteiger partial charge on any atom is -0.386 e. The Morgan fingerprint density at radius 3 is 2.86 bits per heavy atom. The van der Waals surface area contributed by atoms with Gasteiger partial charge in [-0.05, 0) is 18.2 Å². The summed E-state index contributed by atoms with van der Waals surface area (Å²) in [6.45, 7) is -0.238. The maximum absolute atomic E-state index is 13.6. The van der Waals surface area contributed by atoms with Crippen molar-refractivity contribution < 1.29 is 19.1 Å². The molecule has 2 aliphatic rings. The van der Waals surface area contributed by atoms with Crippen molar-refractivity contribution in [2.45, 2.75) is 18.1 Å². The van der Waals surface area contributed by atoms with E-state index in [1.54, 1.807) is 17.8 Å². The summed E-state index contributed by atoms with van der Waals surface area (Å²) in [7, 11) is 0. The lowest BCUT2D eigenvalue weighted by Gasteiger charge is -2.21. The van der Waals surface area contributed by atoms with Gasteiger partial charge < -0.3 is 10.4 Å². The Morgan fingerprint density at radius 1 is 1.43 bits per heavy atom. The van der Waals surface area contributed by atoms with E-state index in [-0.39, 0.29) is 18.0 Å². The molecule has 112 valence electrons. The summed E-state index contributed by atoms with van der Waals surface area (Å²) < 4.78 is 13.6. The lowest BCUT2D eigenvalue weighted by Crippen LogP contribution is -2.47. The number of β-amino-alcohol motifs (C(OH)–C–C–N with tert-alkyl or cyclic N) is 1. The molecule has 0 radical (unpaired) electrons. The SMILES string of the molecule is O=C1N[C@@]2(CCSC2)C(=O)N1C[C@H](O)c1ccccc1F. The van der Waals surface area contributed by atoms with E-state index in [1.807, 2.05) is 0 Å². The lowest BCUT2D eigenvalue weighted by molar-refractivity contribution is -0.131. The smallest absolute Gasteiger partial charge is 0.325 e. The van der Waals surface area contributed by atoms with Gasteiger partial charge in [-0.1, -0.05) is 18.2 Å². The van der Waals surface area contributed by atoms with E-state index in [1.165, 1.54) is 18.2 Å². The van der Waals surface area contributed by atoms with Crippen LogP contribution in [0.15, 0.2) is 24.3 Å². The molecule has 3 amide bonds. The Labute approximate surface area is 125 Å². The average molecular weight is 310 g/mol. The molecule has 2 saturated heterocycles. The summed E-state index contributed by atoms with van der Waals surface area (Å²) in [6.07, 6.45) is -0.640. The molecule has 1 aromatic rings. The zero-order valence-corrected chi connectivity index (χ0v) is 12.0. The fourth-order valence-corrected chi connectivity index (χ4v) is 4.02. The van der Waals surface area contributed by atoms with Gasteiger partial charge in [-0.15, -0.1) is 0 Å². The number of amides is 3. The second-order valence-corrected chi connectivity index (χ2v) is 6.37. The van der Waals surface area contributed by atoms with Gasteiger partial charge >= 0.3 is 6.03 Å². The van der Waals surface area contributed by atoms with Crippen molar-refractivity contribution in [3.05, 3.63) is 35.6 Å². The number of hydrogen-bond acceptors (Lipinski definition) is 4. The third-order valence-electron chi connectivity index (χ3n) is 3.89. The topological polar surface area (TPSA) is 69.6 Å². The Kier molecular flexibility index (Phi) is 3.62. The van der Waals surface area contributed by atoms with E-state index >= 15 is 0 Å². The number of imide groups is 1. The molecule has 1 spiro atoms. The number of carbonyl (C=O) groups is 2. The molecular weight excluding hydrogens is 295 g/mol. The molecule has 0 aromatic heterocycles. The van der Waals surface area contributed by atoms with Crippen molar-refractivity contribution in [3.63, 3.8) is 0 Å². The molecule has 0 bridgehead atoms. The van der Waals surface area contributed by atoms with Crippen LogP contribution in [0.1, 0.15) is 18.1 Å². The van der Waals surface area contributed by atoms with E-state index in [0.29, 0.717) is 12.2 Å². The molecule has 2 N–H and O–H groups in total. The monoisotopic (exact) mass is 310 g/mol. The van der Waals surface area contributed by atoms with Crippen LogP contribution in [0, 0.1) is 5.82 Å². The number of nitrogens with zero attached hydrogens (tertiary/aromatic N) is 1. The van der Waals surface area contributed by atoms with Gasteiger partial charge in [-0.25, -0.2) is 9.18 Å². The van der Waals surface area contributed by atoms with Gasteiger partial charge in [0.05, 0.1) is 12.6 Å². The predicted octanol–water partition coefficient (Wildman–Crippen LogP) is 1.29. The highest BCUT2D eigenvalue weighted by atomic mass is 32.2. The highest BCUT2D eigenvalue weighted by Crippen LogP contribution is 2.34. The first-order valence-corrected chi connectivity index (χ1v) is 7.83. The summed E-state index contributed by atoms with van der Waals surface area (Å²) in [5.74, 6) is 0.482. The van der Waals surface area contributed by atoms with E-state index in [2.05, 4.69) is 5.32 Å². The normalized spacial score (nSPS) is 26.5. The van der Waals surface area contributed by atoms with Crippen LogP contribution in [0.25, 0.3) is 0 Å². The average Bonchev–Trinajstić information content (AvgIpc) is 3.01.